The summed E-state index contributed by atoms with van der Waals surface area (Å²) < 4.78 is 36.0. The number of ether oxygens (including phenoxy) is 1. The van der Waals surface area contributed by atoms with Gasteiger partial charge in [0.15, 0.2) is 6.61 Å². The first-order valence-corrected chi connectivity index (χ1v) is 10.7. The molecular formula is C21H22N2O6S. The number of nitrogens with zero attached hydrogens (tertiary/aromatic N) is 1. The summed E-state index contributed by atoms with van der Waals surface area (Å²) in [5, 5.41) is 3.46. The van der Waals surface area contributed by atoms with Gasteiger partial charge in [0.1, 0.15) is 11.3 Å². The van der Waals surface area contributed by atoms with Crippen molar-refractivity contribution in [3.05, 3.63) is 64.5 Å². The fraction of sp³-hybridized carbons (Fsp3) is 0.238. The number of amides is 1. The van der Waals surface area contributed by atoms with Crippen LogP contribution in [0.15, 0.2) is 62.6 Å². The van der Waals surface area contributed by atoms with E-state index in [1.165, 1.54) is 44.4 Å². The molecule has 8 nitrogen and oxygen atoms in total. The van der Waals surface area contributed by atoms with Gasteiger partial charge in [-0.2, -0.15) is 0 Å². The normalized spacial score (nSPS) is 11.6. The van der Waals surface area contributed by atoms with E-state index in [0.29, 0.717) is 23.4 Å². The van der Waals surface area contributed by atoms with Crippen LogP contribution in [0.5, 0.6) is 5.75 Å². The number of hydrogen-bond acceptors (Lipinski definition) is 6. The molecule has 0 saturated heterocycles. The van der Waals surface area contributed by atoms with Gasteiger partial charge in [0.25, 0.3) is 5.91 Å². The monoisotopic (exact) mass is 430 g/mol. The summed E-state index contributed by atoms with van der Waals surface area (Å²) in [6.45, 7) is 1.69. The zero-order valence-electron chi connectivity index (χ0n) is 16.8. The number of anilines is 1. The molecule has 30 heavy (non-hydrogen) atoms. The highest BCUT2D eigenvalue weighted by Crippen LogP contribution is 2.23. The number of benzene rings is 2. The first-order valence-electron chi connectivity index (χ1n) is 9.22. The molecular weight excluding hydrogens is 408 g/mol. The Labute approximate surface area is 174 Å². The molecule has 0 aliphatic carbocycles. The Hall–Kier alpha value is -3.17. The van der Waals surface area contributed by atoms with E-state index < -0.39 is 21.6 Å². The molecule has 0 spiro atoms. The predicted octanol–water partition coefficient (Wildman–Crippen LogP) is 2.62. The molecule has 0 radical (unpaired) electrons. The summed E-state index contributed by atoms with van der Waals surface area (Å²) in [4.78, 5) is 23.9. The molecule has 9 heteroatoms. The number of fused-ring (bicyclic) bond motifs is 1. The Morgan fingerprint density at radius 3 is 2.43 bits per heavy atom. The van der Waals surface area contributed by atoms with Gasteiger partial charge in [-0.3, -0.25) is 4.79 Å². The highest BCUT2D eigenvalue weighted by molar-refractivity contribution is 7.89. The van der Waals surface area contributed by atoms with E-state index in [1.807, 2.05) is 6.92 Å². The SMILES string of the molecule is CCc1cc(=O)oc2cc(OCC(=O)Nc3ccc(S(=O)(=O)N(C)C)cc3)ccc12. The summed E-state index contributed by atoms with van der Waals surface area (Å²) in [5.41, 5.74) is 1.28. The average Bonchev–Trinajstić information content (AvgIpc) is 2.71. The van der Waals surface area contributed by atoms with Crippen molar-refractivity contribution in [1.82, 2.24) is 4.31 Å². The van der Waals surface area contributed by atoms with Crippen LogP contribution in [0, 0.1) is 0 Å². The standard InChI is InChI=1S/C21H22N2O6S/c1-4-14-11-21(25)29-19-12-16(7-10-18(14)19)28-13-20(24)22-15-5-8-17(9-6-15)30(26,27)23(2)3/h5-12H,4,13H2,1-3H3,(H,22,24). The third-order valence-corrected chi connectivity index (χ3v) is 6.30. The Morgan fingerprint density at radius 1 is 1.10 bits per heavy atom. The van der Waals surface area contributed by atoms with Gasteiger partial charge in [0, 0.05) is 37.3 Å². The molecule has 3 aromatic rings. The Balaban J connectivity index is 1.65. The van der Waals surface area contributed by atoms with Crippen LogP contribution in [0.4, 0.5) is 5.69 Å². The second-order valence-corrected chi connectivity index (χ2v) is 8.90. The number of hydrogen-bond donors (Lipinski definition) is 1. The van der Waals surface area contributed by atoms with E-state index in [9.17, 15) is 18.0 Å². The van der Waals surface area contributed by atoms with Crippen LogP contribution >= 0.6 is 0 Å². The van der Waals surface area contributed by atoms with Crippen molar-refractivity contribution in [3.8, 4) is 5.75 Å². The molecule has 1 heterocycles. The van der Waals surface area contributed by atoms with E-state index in [0.717, 1.165) is 15.3 Å². The van der Waals surface area contributed by atoms with Gasteiger partial charge in [0.2, 0.25) is 10.0 Å². The number of sulfonamides is 1. The van der Waals surface area contributed by atoms with Crippen LogP contribution in [0.3, 0.4) is 0 Å². The van der Waals surface area contributed by atoms with Gasteiger partial charge < -0.3 is 14.5 Å². The maximum Gasteiger partial charge on any atom is 0.336 e. The van der Waals surface area contributed by atoms with E-state index >= 15 is 0 Å². The molecule has 1 amide bonds. The van der Waals surface area contributed by atoms with Gasteiger partial charge in [-0.25, -0.2) is 17.5 Å². The van der Waals surface area contributed by atoms with Crippen molar-refractivity contribution in [3.63, 3.8) is 0 Å². The van der Waals surface area contributed by atoms with Crippen molar-refractivity contribution in [2.24, 2.45) is 0 Å². The van der Waals surface area contributed by atoms with Crippen LogP contribution < -0.4 is 15.7 Å². The molecule has 0 atom stereocenters. The molecule has 0 aliphatic rings. The fourth-order valence-electron chi connectivity index (χ4n) is 2.86. The topological polar surface area (TPSA) is 106 Å². The van der Waals surface area contributed by atoms with Crippen LogP contribution in [-0.4, -0.2) is 39.3 Å². The number of rotatable bonds is 7. The lowest BCUT2D eigenvalue weighted by Crippen LogP contribution is -2.22. The minimum absolute atomic E-state index is 0.130. The maximum absolute atomic E-state index is 12.2. The lowest BCUT2D eigenvalue weighted by molar-refractivity contribution is -0.118. The molecule has 2 aromatic carbocycles. The Morgan fingerprint density at radius 2 is 1.80 bits per heavy atom. The van der Waals surface area contributed by atoms with Crippen molar-refractivity contribution in [1.29, 1.82) is 0 Å². The third-order valence-electron chi connectivity index (χ3n) is 4.47. The smallest absolute Gasteiger partial charge is 0.336 e. The van der Waals surface area contributed by atoms with Gasteiger partial charge in [-0.05, 0) is 48.4 Å². The summed E-state index contributed by atoms with van der Waals surface area (Å²) >= 11 is 0. The maximum atomic E-state index is 12.2. The molecule has 0 aliphatic heterocycles. The molecule has 0 bridgehead atoms. The first-order chi connectivity index (χ1) is 14.2. The molecule has 3 rings (SSSR count). The number of aryl methyl sites for hydroxylation is 1. The second-order valence-electron chi connectivity index (χ2n) is 6.75. The zero-order valence-corrected chi connectivity index (χ0v) is 17.7. The molecule has 0 unspecified atom stereocenters. The molecule has 0 fully saturated rings. The predicted molar refractivity (Wildman–Crippen MR) is 113 cm³/mol. The largest absolute Gasteiger partial charge is 0.484 e. The minimum Gasteiger partial charge on any atom is -0.484 e. The molecule has 0 saturated carbocycles. The molecule has 1 aromatic heterocycles. The van der Waals surface area contributed by atoms with Crippen molar-refractivity contribution in [2.45, 2.75) is 18.2 Å². The minimum atomic E-state index is -3.53. The number of carbonyl (C=O) groups is 1. The summed E-state index contributed by atoms with van der Waals surface area (Å²) in [6.07, 6.45) is 0.694. The van der Waals surface area contributed by atoms with Gasteiger partial charge in [0.05, 0.1) is 4.90 Å². The van der Waals surface area contributed by atoms with E-state index in [-0.39, 0.29) is 11.5 Å². The van der Waals surface area contributed by atoms with Crippen molar-refractivity contribution in [2.75, 3.05) is 26.0 Å². The summed E-state index contributed by atoms with van der Waals surface area (Å²) in [5.74, 6) is -0.0245. The summed E-state index contributed by atoms with van der Waals surface area (Å²) in [6, 6.07) is 12.4. The van der Waals surface area contributed by atoms with Crippen LogP contribution in [0.25, 0.3) is 11.0 Å². The third kappa shape index (κ3) is 4.69. The second kappa shape index (κ2) is 8.68. The van der Waals surface area contributed by atoms with Crippen molar-refractivity contribution >= 4 is 32.6 Å². The van der Waals surface area contributed by atoms with Gasteiger partial charge in [-0.1, -0.05) is 6.92 Å². The van der Waals surface area contributed by atoms with Crippen LogP contribution in [0.2, 0.25) is 0 Å². The molecule has 158 valence electrons. The van der Waals surface area contributed by atoms with Gasteiger partial charge >= 0.3 is 5.63 Å². The van der Waals surface area contributed by atoms with E-state index in [1.54, 1.807) is 18.2 Å². The van der Waals surface area contributed by atoms with E-state index in [2.05, 4.69) is 5.32 Å². The summed E-state index contributed by atoms with van der Waals surface area (Å²) in [7, 11) is -0.634. The number of carbonyl (C=O) groups excluding carboxylic acids is 1. The average molecular weight is 430 g/mol. The van der Waals surface area contributed by atoms with Crippen molar-refractivity contribution < 1.29 is 22.4 Å². The Bertz CT molecular complexity index is 1230. The lowest BCUT2D eigenvalue weighted by atomic mass is 10.1. The van der Waals surface area contributed by atoms with Crippen LogP contribution in [-0.2, 0) is 21.2 Å². The van der Waals surface area contributed by atoms with E-state index in [4.69, 9.17) is 9.15 Å². The lowest BCUT2D eigenvalue weighted by Gasteiger charge is -2.12. The molecule has 1 N–H and O–H groups in total. The quantitative estimate of drug-likeness (QED) is 0.578. The number of nitrogens with one attached hydrogen (secondary N) is 1. The first kappa shape index (κ1) is 21.5. The van der Waals surface area contributed by atoms with Gasteiger partial charge in [-0.15, -0.1) is 0 Å². The zero-order chi connectivity index (χ0) is 21.9. The van der Waals surface area contributed by atoms with Crippen LogP contribution in [0.1, 0.15) is 12.5 Å². The highest BCUT2D eigenvalue weighted by atomic mass is 32.2. The Kier molecular flexibility index (Phi) is 6.23. The highest BCUT2D eigenvalue weighted by Gasteiger charge is 2.16. The fourth-order valence-corrected chi connectivity index (χ4v) is 3.76.